The zero-order valence-corrected chi connectivity index (χ0v) is 15.0. The number of hydrogen-bond donors (Lipinski definition) is 2. The molecule has 4 heterocycles. The van der Waals surface area contributed by atoms with E-state index >= 15 is 0 Å². The van der Waals surface area contributed by atoms with Gasteiger partial charge in [0.05, 0.1) is 17.0 Å². The van der Waals surface area contributed by atoms with E-state index in [1.165, 1.54) is 0 Å². The van der Waals surface area contributed by atoms with Crippen molar-refractivity contribution in [3.05, 3.63) is 0 Å². The fraction of sp³-hybridized carbons (Fsp3) is 0.615. The molecule has 1 saturated heterocycles. The Bertz CT molecular complexity index is 718. The van der Waals surface area contributed by atoms with Crippen LogP contribution in [0.2, 0.25) is 0 Å². The van der Waals surface area contributed by atoms with Crippen molar-refractivity contribution in [3.63, 3.8) is 0 Å². The molecule has 1 radical (unpaired) electrons. The Balaban J connectivity index is 0.00000144. The van der Waals surface area contributed by atoms with Crippen LogP contribution in [0.5, 0.6) is 5.88 Å². The van der Waals surface area contributed by atoms with Crippen LogP contribution in [-0.2, 0) is 20.4 Å². The molecule has 2 aromatic rings. The average molecular weight is 476 g/mol. The quantitative estimate of drug-likeness (QED) is 0.551. The fourth-order valence-corrected chi connectivity index (χ4v) is 3.30. The smallest absolute Gasteiger partial charge is 0.224 e. The van der Waals surface area contributed by atoms with Crippen LogP contribution < -0.4 is 20.5 Å². The molecule has 2 aliphatic rings. The first-order valence-electron chi connectivity index (χ1n) is 7.07. The van der Waals surface area contributed by atoms with Gasteiger partial charge in [-0.05, 0) is 32.3 Å². The molecule has 0 amide bonds. The van der Waals surface area contributed by atoms with Gasteiger partial charge in [0.25, 0.3) is 0 Å². The molecule has 4 rings (SSSR count). The minimum atomic E-state index is -0.764. The predicted octanol–water partition coefficient (Wildman–Crippen LogP) is 0.0624. The standard InChI is InChI=1S/C13H17N6O2.Re/c1-6-7-3-4-13(2,20)5-19(7)10-8-9(15-12(14)16-10)17-18-11(8)21-6;/h6-7,20H,3-5H2,1-2H3,(H2-,14,15,16,17,18);/q-1;/t6?,7?,13-;/m0./s1. The molecule has 0 saturated carbocycles. The molecule has 3 atom stereocenters. The molecule has 0 aromatic carbocycles. The van der Waals surface area contributed by atoms with E-state index in [1.807, 2.05) is 13.8 Å². The second-order valence-corrected chi connectivity index (χ2v) is 6.16. The van der Waals surface area contributed by atoms with E-state index in [-0.39, 0.29) is 38.5 Å². The number of ether oxygens (including phenoxy) is 1. The molecule has 2 aromatic heterocycles. The van der Waals surface area contributed by atoms with E-state index in [0.717, 1.165) is 12.8 Å². The van der Waals surface area contributed by atoms with Gasteiger partial charge >= 0.3 is 0 Å². The third-order valence-electron chi connectivity index (χ3n) is 4.34. The average Bonchev–Trinajstić information content (AvgIpc) is 2.74. The molecule has 0 aliphatic carbocycles. The van der Waals surface area contributed by atoms with Gasteiger partial charge in [-0.3, -0.25) is 0 Å². The Hall–Kier alpha value is -1.43. The number of nitrogens with two attached hydrogens (primary N) is 1. The van der Waals surface area contributed by atoms with Crippen LogP contribution >= 0.6 is 0 Å². The molecular formula is C13H17N6O2Re-. The van der Waals surface area contributed by atoms with Crippen LogP contribution in [0.25, 0.3) is 11.0 Å². The number of hydrogen-bond acceptors (Lipinski definition) is 7. The first-order chi connectivity index (χ1) is 9.94. The molecule has 2 unspecified atom stereocenters. The second-order valence-electron chi connectivity index (χ2n) is 6.16. The molecule has 22 heavy (non-hydrogen) atoms. The van der Waals surface area contributed by atoms with Gasteiger partial charge < -0.3 is 30.6 Å². The number of fused-ring (bicyclic) bond motifs is 2. The van der Waals surface area contributed by atoms with E-state index in [1.54, 1.807) is 0 Å². The Kier molecular flexibility index (Phi) is 3.55. The summed E-state index contributed by atoms with van der Waals surface area (Å²) in [6.07, 6.45) is 1.47. The zero-order chi connectivity index (χ0) is 14.8. The van der Waals surface area contributed by atoms with Crippen molar-refractivity contribution >= 4 is 22.8 Å². The van der Waals surface area contributed by atoms with Crippen LogP contribution in [0.1, 0.15) is 26.7 Å². The summed E-state index contributed by atoms with van der Waals surface area (Å²) in [4.78, 5) is 10.5. The Morgan fingerprint density at radius 1 is 1.45 bits per heavy atom. The van der Waals surface area contributed by atoms with Crippen LogP contribution in [0.3, 0.4) is 0 Å². The molecular weight excluding hydrogens is 458 g/mol. The molecule has 8 nitrogen and oxygen atoms in total. The van der Waals surface area contributed by atoms with E-state index < -0.39 is 5.60 Å². The minimum absolute atomic E-state index is 0. The first-order valence-corrected chi connectivity index (χ1v) is 7.07. The van der Waals surface area contributed by atoms with Crippen molar-refractivity contribution in [1.82, 2.24) is 20.2 Å². The van der Waals surface area contributed by atoms with Gasteiger partial charge in [-0.15, -0.1) is 0 Å². The van der Waals surface area contributed by atoms with Crippen LogP contribution in [0.15, 0.2) is 0 Å². The second kappa shape index (κ2) is 5.05. The maximum Gasteiger partial charge on any atom is 0.224 e. The van der Waals surface area contributed by atoms with Crippen molar-refractivity contribution in [2.45, 2.75) is 44.4 Å². The topological polar surface area (TPSA) is 111 Å². The van der Waals surface area contributed by atoms with Crippen molar-refractivity contribution in [1.29, 1.82) is 0 Å². The molecule has 119 valence electrons. The molecule has 0 bridgehead atoms. The maximum absolute atomic E-state index is 10.4. The molecule has 1 fully saturated rings. The summed E-state index contributed by atoms with van der Waals surface area (Å²) in [7, 11) is 0. The van der Waals surface area contributed by atoms with Gasteiger partial charge in [0.2, 0.25) is 5.88 Å². The van der Waals surface area contributed by atoms with E-state index in [4.69, 9.17) is 10.5 Å². The SMILES string of the molecule is CC1Oc2n[n-]c3nc(N)nc(c23)N2C[C@@](C)(O)CCC12.[Re]. The van der Waals surface area contributed by atoms with Crippen molar-refractivity contribution in [2.75, 3.05) is 17.2 Å². The number of nitrogens with zero attached hydrogens (tertiary/aromatic N) is 5. The monoisotopic (exact) mass is 476 g/mol. The minimum Gasteiger partial charge on any atom is -0.472 e. The number of aliphatic hydroxyl groups is 1. The van der Waals surface area contributed by atoms with Crippen LogP contribution in [-0.4, -0.2) is 44.5 Å². The number of piperidine rings is 1. The summed E-state index contributed by atoms with van der Waals surface area (Å²) in [5, 5.41) is 19.2. The zero-order valence-electron chi connectivity index (χ0n) is 12.3. The molecule has 9 heteroatoms. The Morgan fingerprint density at radius 2 is 2.23 bits per heavy atom. The normalized spacial score (nSPS) is 30.2. The summed E-state index contributed by atoms with van der Waals surface area (Å²) in [5.41, 5.74) is 5.46. The van der Waals surface area contributed by atoms with Crippen molar-refractivity contribution in [2.24, 2.45) is 0 Å². The largest absolute Gasteiger partial charge is 0.472 e. The van der Waals surface area contributed by atoms with Gasteiger partial charge in [0.1, 0.15) is 17.9 Å². The summed E-state index contributed by atoms with van der Waals surface area (Å²) in [5.74, 6) is 1.26. The number of nitrogen functional groups attached to an aromatic ring is 1. The van der Waals surface area contributed by atoms with Gasteiger partial charge in [0, 0.05) is 27.0 Å². The number of aromatic nitrogens is 4. The first kappa shape index (κ1) is 15.5. The predicted molar refractivity (Wildman–Crippen MR) is 76.1 cm³/mol. The number of anilines is 2. The van der Waals surface area contributed by atoms with E-state index in [9.17, 15) is 5.11 Å². The van der Waals surface area contributed by atoms with Crippen molar-refractivity contribution < 1.29 is 30.3 Å². The molecule has 0 spiro atoms. The molecule has 2 aliphatic heterocycles. The fourth-order valence-electron chi connectivity index (χ4n) is 3.30. The van der Waals surface area contributed by atoms with Crippen molar-refractivity contribution in [3.8, 4) is 5.88 Å². The summed E-state index contributed by atoms with van der Waals surface area (Å²) < 4.78 is 5.93. The van der Waals surface area contributed by atoms with E-state index in [0.29, 0.717) is 29.3 Å². The van der Waals surface area contributed by atoms with Crippen LogP contribution in [0.4, 0.5) is 11.8 Å². The van der Waals surface area contributed by atoms with E-state index in [2.05, 4.69) is 25.1 Å². The third kappa shape index (κ3) is 2.24. The summed E-state index contributed by atoms with van der Waals surface area (Å²) >= 11 is 0. The van der Waals surface area contributed by atoms with Gasteiger partial charge in [0.15, 0.2) is 0 Å². The Morgan fingerprint density at radius 3 is 3.00 bits per heavy atom. The van der Waals surface area contributed by atoms with Gasteiger partial charge in [-0.2, -0.15) is 0 Å². The third-order valence-corrected chi connectivity index (χ3v) is 4.34. The summed E-state index contributed by atoms with van der Waals surface area (Å²) in [6.45, 7) is 4.31. The maximum atomic E-state index is 10.4. The Labute approximate surface area is 141 Å². The van der Waals surface area contributed by atoms with Crippen LogP contribution in [0, 0.1) is 0 Å². The summed E-state index contributed by atoms with van der Waals surface area (Å²) in [6, 6.07) is 0.122. The molecule has 3 N–H and O–H groups in total. The van der Waals surface area contributed by atoms with Gasteiger partial charge in [-0.1, -0.05) is 0 Å². The van der Waals surface area contributed by atoms with Gasteiger partial charge in [-0.25, -0.2) is 10.1 Å². The number of rotatable bonds is 0.